The van der Waals surface area contributed by atoms with Crippen molar-refractivity contribution in [3.05, 3.63) is 28.0 Å². The molecule has 1 amide bonds. The molecule has 1 aromatic rings. The lowest BCUT2D eigenvalue weighted by molar-refractivity contribution is -0.122. The Morgan fingerprint density at radius 1 is 1.50 bits per heavy atom. The quantitative estimate of drug-likeness (QED) is 0.795. The molecule has 0 aliphatic rings. The molecule has 3 nitrogen and oxygen atoms in total. The summed E-state index contributed by atoms with van der Waals surface area (Å²) in [5.74, 6) is -0.433. The highest BCUT2D eigenvalue weighted by atomic mass is 35.5. The molecule has 1 heterocycles. The largest absolute Gasteiger partial charge is 0.369 e. The number of carbonyl (C=O) groups excluding carboxylic acids is 1. The number of amides is 1. The standard InChI is InChI=1S/C9H10Cl2N2O/c1-9(2,8(12)14)5-3-6(10)7(11)13-4-5/h3-4H,1-2H3,(H2,12,14). The van der Waals surface area contributed by atoms with Gasteiger partial charge in [-0.15, -0.1) is 0 Å². The predicted octanol–water partition coefficient (Wildman–Crippen LogP) is 2.15. The van der Waals surface area contributed by atoms with E-state index >= 15 is 0 Å². The predicted molar refractivity (Wildman–Crippen MR) is 56.5 cm³/mol. The van der Waals surface area contributed by atoms with Gasteiger partial charge in [0.25, 0.3) is 0 Å². The van der Waals surface area contributed by atoms with Crippen molar-refractivity contribution in [2.24, 2.45) is 5.73 Å². The molecule has 1 aromatic heterocycles. The molecule has 0 atom stereocenters. The van der Waals surface area contributed by atoms with Gasteiger partial charge in [0.05, 0.1) is 10.4 Å². The fourth-order valence-electron chi connectivity index (χ4n) is 0.905. The smallest absolute Gasteiger partial charge is 0.227 e. The highest BCUT2D eigenvalue weighted by Crippen LogP contribution is 2.27. The normalized spacial score (nSPS) is 11.4. The molecule has 1 rings (SSSR count). The van der Waals surface area contributed by atoms with E-state index in [0.29, 0.717) is 10.6 Å². The van der Waals surface area contributed by atoms with Gasteiger partial charge in [0, 0.05) is 6.20 Å². The summed E-state index contributed by atoms with van der Waals surface area (Å²) in [6.45, 7) is 3.41. The Hall–Kier alpha value is -0.800. The zero-order valence-electron chi connectivity index (χ0n) is 7.84. The lowest BCUT2D eigenvalue weighted by Gasteiger charge is -2.20. The Bertz CT molecular complexity index is 377. The van der Waals surface area contributed by atoms with Crippen LogP contribution in [0.15, 0.2) is 12.3 Å². The first-order valence-corrected chi connectivity index (χ1v) is 4.72. The Morgan fingerprint density at radius 2 is 2.07 bits per heavy atom. The number of carbonyl (C=O) groups is 1. The average molecular weight is 233 g/mol. The van der Waals surface area contributed by atoms with Crippen molar-refractivity contribution in [2.75, 3.05) is 0 Å². The molecular formula is C9H10Cl2N2O. The van der Waals surface area contributed by atoms with E-state index in [9.17, 15) is 4.79 Å². The number of hydrogen-bond donors (Lipinski definition) is 1. The fourth-order valence-corrected chi connectivity index (χ4v) is 1.17. The second-order valence-corrected chi connectivity index (χ2v) is 4.25. The molecule has 0 saturated carbocycles. The molecule has 0 unspecified atom stereocenters. The van der Waals surface area contributed by atoms with Gasteiger partial charge in [-0.2, -0.15) is 0 Å². The third-order valence-corrected chi connectivity index (χ3v) is 2.82. The maximum absolute atomic E-state index is 11.1. The van der Waals surface area contributed by atoms with Gasteiger partial charge >= 0.3 is 0 Å². The minimum atomic E-state index is -0.790. The van der Waals surface area contributed by atoms with Crippen molar-refractivity contribution in [1.29, 1.82) is 0 Å². The van der Waals surface area contributed by atoms with Gasteiger partial charge in [0.1, 0.15) is 5.15 Å². The van der Waals surface area contributed by atoms with Crippen molar-refractivity contribution in [2.45, 2.75) is 19.3 Å². The molecule has 0 aromatic carbocycles. The van der Waals surface area contributed by atoms with Crippen LogP contribution in [0.2, 0.25) is 10.2 Å². The summed E-state index contributed by atoms with van der Waals surface area (Å²) in [5.41, 5.74) is 5.11. The van der Waals surface area contributed by atoms with Crippen molar-refractivity contribution in [3.8, 4) is 0 Å². The summed E-state index contributed by atoms with van der Waals surface area (Å²) in [5, 5.41) is 0.536. The molecule has 0 aliphatic heterocycles. The van der Waals surface area contributed by atoms with E-state index in [-0.39, 0.29) is 5.15 Å². The minimum Gasteiger partial charge on any atom is -0.369 e. The molecule has 2 N–H and O–H groups in total. The van der Waals surface area contributed by atoms with Crippen molar-refractivity contribution in [3.63, 3.8) is 0 Å². The molecule has 0 saturated heterocycles. The Kier molecular flexibility index (Phi) is 3.02. The second kappa shape index (κ2) is 3.75. The van der Waals surface area contributed by atoms with Crippen LogP contribution in [0.4, 0.5) is 0 Å². The van der Waals surface area contributed by atoms with Gasteiger partial charge in [-0.25, -0.2) is 4.98 Å². The summed E-state index contributed by atoms with van der Waals surface area (Å²) in [6, 6.07) is 1.60. The zero-order chi connectivity index (χ0) is 10.9. The SMILES string of the molecule is CC(C)(C(N)=O)c1cnc(Cl)c(Cl)c1. The number of halogens is 2. The second-order valence-electron chi connectivity index (χ2n) is 3.49. The van der Waals surface area contributed by atoms with E-state index in [1.807, 2.05) is 0 Å². The first kappa shape index (κ1) is 11.3. The molecule has 0 spiro atoms. The molecule has 5 heteroatoms. The number of hydrogen-bond acceptors (Lipinski definition) is 2. The average Bonchev–Trinajstić information content (AvgIpc) is 2.09. The highest BCUT2D eigenvalue weighted by Gasteiger charge is 2.28. The van der Waals surface area contributed by atoms with Crippen LogP contribution in [-0.2, 0) is 10.2 Å². The number of nitrogens with zero attached hydrogens (tertiary/aromatic N) is 1. The van der Waals surface area contributed by atoms with Crippen molar-refractivity contribution in [1.82, 2.24) is 4.98 Å². The maximum atomic E-state index is 11.1. The minimum absolute atomic E-state index is 0.218. The first-order valence-electron chi connectivity index (χ1n) is 3.97. The molecule has 76 valence electrons. The Labute approximate surface area is 92.2 Å². The molecule has 0 bridgehead atoms. The van der Waals surface area contributed by atoms with Crippen LogP contribution < -0.4 is 5.73 Å². The topological polar surface area (TPSA) is 56.0 Å². The van der Waals surface area contributed by atoms with Crippen molar-refractivity contribution >= 4 is 29.1 Å². The van der Waals surface area contributed by atoms with Crippen molar-refractivity contribution < 1.29 is 4.79 Å². The van der Waals surface area contributed by atoms with E-state index < -0.39 is 11.3 Å². The summed E-state index contributed by atoms with van der Waals surface area (Å²) in [7, 11) is 0. The maximum Gasteiger partial charge on any atom is 0.227 e. The van der Waals surface area contributed by atoms with Gasteiger partial charge in [-0.3, -0.25) is 4.79 Å². The zero-order valence-corrected chi connectivity index (χ0v) is 9.36. The summed E-state index contributed by atoms with van der Waals surface area (Å²) < 4.78 is 0. The number of aromatic nitrogens is 1. The molecule has 14 heavy (non-hydrogen) atoms. The molecule has 0 fully saturated rings. The Balaban J connectivity index is 3.21. The van der Waals surface area contributed by atoms with Crippen LogP contribution in [0.5, 0.6) is 0 Å². The molecular weight excluding hydrogens is 223 g/mol. The van der Waals surface area contributed by atoms with Gasteiger partial charge < -0.3 is 5.73 Å². The van der Waals surface area contributed by atoms with E-state index in [1.54, 1.807) is 19.9 Å². The number of pyridine rings is 1. The molecule has 0 aliphatic carbocycles. The van der Waals surface area contributed by atoms with Crippen LogP contribution in [0, 0.1) is 0 Å². The lowest BCUT2D eigenvalue weighted by Crippen LogP contribution is -2.35. The fraction of sp³-hybridized carbons (Fsp3) is 0.333. The van der Waals surface area contributed by atoms with Gasteiger partial charge in [0.15, 0.2) is 0 Å². The summed E-state index contributed by atoms with van der Waals surface area (Å²) >= 11 is 11.4. The van der Waals surface area contributed by atoms with Gasteiger partial charge in [0.2, 0.25) is 5.91 Å². The van der Waals surface area contributed by atoms with Crippen LogP contribution in [0.3, 0.4) is 0 Å². The van der Waals surface area contributed by atoms with E-state index in [4.69, 9.17) is 28.9 Å². The molecule has 0 radical (unpaired) electrons. The van der Waals surface area contributed by atoms with Gasteiger partial charge in [-0.05, 0) is 25.5 Å². The van der Waals surface area contributed by atoms with E-state index in [2.05, 4.69) is 4.98 Å². The van der Waals surface area contributed by atoms with E-state index in [0.717, 1.165) is 0 Å². The first-order chi connectivity index (χ1) is 6.35. The monoisotopic (exact) mass is 232 g/mol. The van der Waals surface area contributed by atoms with Crippen LogP contribution in [-0.4, -0.2) is 10.9 Å². The summed E-state index contributed by atoms with van der Waals surface area (Å²) in [4.78, 5) is 15.0. The van der Waals surface area contributed by atoms with E-state index in [1.165, 1.54) is 6.20 Å². The number of primary amides is 1. The lowest BCUT2D eigenvalue weighted by atomic mass is 9.85. The van der Waals surface area contributed by atoms with Crippen LogP contribution in [0.25, 0.3) is 0 Å². The third kappa shape index (κ3) is 1.99. The van der Waals surface area contributed by atoms with Gasteiger partial charge in [-0.1, -0.05) is 23.2 Å². The van der Waals surface area contributed by atoms with Crippen LogP contribution in [0.1, 0.15) is 19.4 Å². The summed E-state index contributed by atoms with van der Waals surface area (Å²) in [6.07, 6.45) is 1.50. The third-order valence-electron chi connectivity index (χ3n) is 2.13. The number of rotatable bonds is 2. The Morgan fingerprint density at radius 3 is 2.50 bits per heavy atom. The van der Waals surface area contributed by atoms with Crippen LogP contribution >= 0.6 is 23.2 Å². The number of nitrogens with two attached hydrogens (primary N) is 1. The highest BCUT2D eigenvalue weighted by molar-refractivity contribution is 6.41.